The van der Waals surface area contributed by atoms with Gasteiger partial charge in [0.15, 0.2) is 0 Å². The summed E-state index contributed by atoms with van der Waals surface area (Å²) in [7, 11) is 2.05. The highest BCUT2D eigenvalue weighted by atomic mass is 32.1. The Hall–Kier alpha value is -0.450. The lowest BCUT2D eigenvalue weighted by atomic mass is 10.2. The number of hydrogen-bond acceptors (Lipinski definition) is 4. The number of rotatable bonds is 5. The van der Waals surface area contributed by atoms with Crippen LogP contribution in [0, 0.1) is 6.92 Å². The Bertz CT molecular complexity index is 324. The Morgan fingerprint density at radius 1 is 1.62 bits per heavy atom. The molecule has 0 radical (unpaired) electrons. The summed E-state index contributed by atoms with van der Waals surface area (Å²) in [5.41, 5.74) is 3.18. The summed E-state index contributed by atoms with van der Waals surface area (Å²) >= 11 is 1.79. The lowest BCUT2D eigenvalue weighted by Gasteiger charge is -2.23. The Balaban J connectivity index is 1.83. The van der Waals surface area contributed by atoms with E-state index in [4.69, 9.17) is 0 Å². The maximum absolute atomic E-state index is 4.30. The summed E-state index contributed by atoms with van der Waals surface area (Å²) in [5, 5.41) is 3.29. The second-order valence-electron chi connectivity index (χ2n) is 4.50. The fourth-order valence-corrected chi connectivity index (χ4v) is 3.24. The van der Waals surface area contributed by atoms with Crippen molar-refractivity contribution in [1.29, 1.82) is 0 Å². The Morgan fingerprint density at radius 2 is 2.50 bits per heavy atom. The fraction of sp³-hybridized carbons (Fsp3) is 0.750. The number of likely N-dealkylation sites (tertiary alicyclic amines) is 1. The van der Waals surface area contributed by atoms with Crippen molar-refractivity contribution in [1.82, 2.24) is 15.2 Å². The molecule has 0 bridgehead atoms. The molecule has 3 nitrogen and oxygen atoms in total. The molecule has 1 aromatic rings. The highest BCUT2D eigenvalue weighted by Gasteiger charge is 2.23. The number of aromatic nitrogens is 1. The van der Waals surface area contributed by atoms with E-state index in [-0.39, 0.29) is 0 Å². The quantitative estimate of drug-likeness (QED) is 0.847. The lowest BCUT2D eigenvalue weighted by Crippen LogP contribution is -2.37. The standard InChI is InChI=1S/C12H21N3S/c1-10-12(16-9-14-10)5-7-15-6-3-4-11(15)8-13-2/h9,11,13H,3-8H2,1-2H3. The van der Waals surface area contributed by atoms with Crippen LogP contribution in [0.4, 0.5) is 0 Å². The average Bonchev–Trinajstić information content (AvgIpc) is 2.86. The van der Waals surface area contributed by atoms with Gasteiger partial charge < -0.3 is 5.32 Å². The van der Waals surface area contributed by atoms with Gasteiger partial charge in [-0.2, -0.15) is 0 Å². The van der Waals surface area contributed by atoms with Crippen molar-refractivity contribution in [2.45, 2.75) is 32.2 Å². The molecule has 2 heterocycles. The minimum atomic E-state index is 0.748. The third-order valence-corrected chi connectivity index (χ3v) is 4.40. The first-order valence-electron chi connectivity index (χ1n) is 6.09. The molecular weight excluding hydrogens is 218 g/mol. The average molecular weight is 239 g/mol. The molecular formula is C12H21N3S. The summed E-state index contributed by atoms with van der Waals surface area (Å²) in [6.07, 6.45) is 3.87. The zero-order valence-electron chi connectivity index (χ0n) is 10.2. The number of aryl methyl sites for hydroxylation is 1. The largest absolute Gasteiger partial charge is 0.318 e. The summed E-state index contributed by atoms with van der Waals surface area (Å²) in [5.74, 6) is 0. The van der Waals surface area contributed by atoms with Gasteiger partial charge in [-0.25, -0.2) is 4.98 Å². The normalized spacial score (nSPS) is 21.8. The summed E-state index contributed by atoms with van der Waals surface area (Å²) in [6.45, 7) is 5.70. The van der Waals surface area contributed by atoms with E-state index in [0.29, 0.717) is 0 Å². The van der Waals surface area contributed by atoms with Gasteiger partial charge in [0, 0.05) is 24.0 Å². The molecule has 2 rings (SSSR count). The topological polar surface area (TPSA) is 28.2 Å². The first kappa shape index (κ1) is 12.0. The van der Waals surface area contributed by atoms with E-state index in [1.807, 2.05) is 12.6 Å². The lowest BCUT2D eigenvalue weighted by molar-refractivity contribution is 0.254. The van der Waals surface area contributed by atoms with Gasteiger partial charge in [0.25, 0.3) is 0 Å². The highest BCUT2D eigenvalue weighted by molar-refractivity contribution is 7.09. The van der Waals surface area contributed by atoms with Gasteiger partial charge in [-0.1, -0.05) is 0 Å². The first-order chi connectivity index (χ1) is 7.81. The molecule has 1 atom stereocenters. The predicted octanol–water partition coefficient (Wildman–Crippen LogP) is 1.68. The van der Waals surface area contributed by atoms with Gasteiger partial charge in [0.1, 0.15) is 0 Å². The van der Waals surface area contributed by atoms with E-state index in [9.17, 15) is 0 Å². The predicted molar refractivity (Wildman–Crippen MR) is 69.1 cm³/mol. The van der Waals surface area contributed by atoms with E-state index < -0.39 is 0 Å². The Labute approximate surface area is 102 Å². The highest BCUT2D eigenvalue weighted by Crippen LogP contribution is 2.19. The van der Waals surface area contributed by atoms with Crippen molar-refractivity contribution in [2.24, 2.45) is 0 Å². The molecule has 0 aromatic carbocycles. The number of thiazole rings is 1. The number of likely N-dealkylation sites (N-methyl/N-ethyl adjacent to an activating group) is 1. The molecule has 0 aliphatic carbocycles. The molecule has 1 aliphatic rings. The van der Waals surface area contributed by atoms with Gasteiger partial charge in [-0.15, -0.1) is 11.3 Å². The second-order valence-corrected chi connectivity index (χ2v) is 5.44. The molecule has 1 aliphatic heterocycles. The van der Waals surface area contributed by atoms with Crippen LogP contribution in [0.15, 0.2) is 5.51 Å². The summed E-state index contributed by atoms with van der Waals surface area (Å²) in [4.78, 5) is 8.38. The Morgan fingerprint density at radius 3 is 3.19 bits per heavy atom. The van der Waals surface area contributed by atoms with Crippen LogP contribution in [0.25, 0.3) is 0 Å². The van der Waals surface area contributed by atoms with Crippen LogP contribution in [0.1, 0.15) is 23.4 Å². The van der Waals surface area contributed by atoms with E-state index >= 15 is 0 Å². The van der Waals surface area contributed by atoms with Gasteiger partial charge >= 0.3 is 0 Å². The molecule has 16 heavy (non-hydrogen) atoms. The van der Waals surface area contributed by atoms with E-state index in [1.165, 1.54) is 36.5 Å². The van der Waals surface area contributed by atoms with Crippen LogP contribution in [0.5, 0.6) is 0 Å². The second kappa shape index (κ2) is 5.75. The molecule has 1 aromatic heterocycles. The third kappa shape index (κ3) is 2.81. The van der Waals surface area contributed by atoms with E-state index in [0.717, 1.165) is 19.0 Å². The van der Waals surface area contributed by atoms with Crippen molar-refractivity contribution in [3.8, 4) is 0 Å². The van der Waals surface area contributed by atoms with Crippen molar-refractivity contribution in [3.05, 3.63) is 16.1 Å². The van der Waals surface area contributed by atoms with Crippen LogP contribution < -0.4 is 5.32 Å². The minimum Gasteiger partial charge on any atom is -0.318 e. The van der Waals surface area contributed by atoms with E-state index in [1.54, 1.807) is 11.3 Å². The van der Waals surface area contributed by atoms with E-state index in [2.05, 4.69) is 22.1 Å². The minimum absolute atomic E-state index is 0.748. The molecule has 1 N–H and O–H groups in total. The zero-order valence-corrected chi connectivity index (χ0v) is 11.0. The van der Waals surface area contributed by atoms with Crippen LogP contribution >= 0.6 is 11.3 Å². The molecule has 1 unspecified atom stereocenters. The van der Waals surface area contributed by atoms with Gasteiger partial charge in [-0.3, -0.25) is 4.90 Å². The van der Waals surface area contributed by atoms with Crippen molar-refractivity contribution in [2.75, 3.05) is 26.7 Å². The zero-order chi connectivity index (χ0) is 11.4. The van der Waals surface area contributed by atoms with Crippen LogP contribution in [0.2, 0.25) is 0 Å². The Kier molecular flexibility index (Phi) is 4.32. The maximum Gasteiger partial charge on any atom is 0.0797 e. The number of hydrogen-bond donors (Lipinski definition) is 1. The molecule has 0 saturated carbocycles. The van der Waals surface area contributed by atoms with Crippen LogP contribution in [-0.4, -0.2) is 42.6 Å². The van der Waals surface area contributed by atoms with Crippen molar-refractivity contribution in [3.63, 3.8) is 0 Å². The molecule has 0 spiro atoms. The van der Waals surface area contributed by atoms with Gasteiger partial charge in [-0.05, 0) is 39.8 Å². The molecule has 0 amide bonds. The fourth-order valence-electron chi connectivity index (χ4n) is 2.47. The van der Waals surface area contributed by atoms with Crippen LogP contribution in [0.3, 0.4) is 0 Å². The smallest absolute Gasteiger partial charge is 0.0797 e. The number of nitrogens with one attached hydrogen (secondary N) is 1. The summed E-state index contributed by atoms with van der Waals surface area (Å²) < 4.78 is 0. The molecule has 4 heteroatoms. The van der Waals surface area contributed by atoms with Crippen molar-refractivity contribution < 1.29 is 0 Å². The summed E-state index contributed by atoms with van der Waals surface area (Å²) in [6, 6.07) is 0.748. The molecule has 90 valence electrons. The molecule has 1 fully saturated rings. The van der Waals surface area contributed by atoms with Gasteiger partial charge in [0.2, 0.25) is 0 Å². The van der Waals surface area contributed by atoms with Crippen LogP contribution in [-0.2, 0) is 6.42 Å². The van der Waals surface area contributed by atoms with Gasteiger partial charge in [0.05, 0.1) is 11.2 Å². The SMILES string of the molecule is CNCC1CCCN1CCc1scnc1C. The third-order valence-electron chi connectivity index (χ3n) is 3.41. The first-order valence-corrected chi connectivity index (χ1v) is 6.97. The molecule has 1 saturated heterocycles. The van der Waals surface area contributed by atoms with Crippen molar-refractivity contribution >= 4 is 11.3 Å². The number of nitrogens with zero attached hydrogens (tertiary/aromatic N) is 2. The monoisotopic (exact) mass is 239 g/mol. The maximum atomic E-state index is 4.30.